The summed E-state index contributed by atoms with van der Waals surface area (Å²) in [5.74, 6) is 0.0110. The highest BCUT2D eigenvalue weighted by molar-refractivity contribution is 5.85. The summed E-state index contributed by atoms with van der Waals surface area (Å²) in [7, 11) is 0. The molecule has 1 amide bonds. The molecule has 1 fully saturated rings. The Balaban J connectivity index is 0.00000192. The van der Waals surface area contributed by atoms with E-state index < -0.39 is 0 Å². The quantitative estimate of drug-likeness (QED) is 0.886. The fourth-order valence-corrected chi connectivity index (χ4v) is 2.74. The van der Waals surface area contributed by atoms with Gasteiger partial charge in [-0.2, -0.15) is 0 Å². The van der Waals surface area contributed by atoms with Crippen LogP contribution in [0.5, 0.6) is 0 Å². The zero-order valence-corrected chi connectivity index (χ0v) is 14.0. The molecule has 23 heavy (non-hydrogen) atoms. The monoisotopic (exact) mass is 335 g/mol. The zero-order chi connectivity index (χ0) is 15.4. The van der Waals surface area contributed by atoms with E-state index in [1.165, 1.54) is 0 Å². The number of para-hydroxylation sites is 1. The van der Waals surface area contributed by atoms with Gasteiger partial charge in [-0.3, -0.25) is 4.79 Å². The predicted molar refractivity (Wildman–Crippen MR) is 91.1 cm³/mol. The van der Waals surface area contributed by atoms with Gasteiger partial charge in [0.05, 0.1) is 23.5 Å². The molecular formula is C16H22ClN5O. The number of aromatic nitrogens is 3. The van der Waals surface area contributed by atoms with Crippen molar-refractivity contribution in [1.29, 1.82) is 0 Å². The van der Waals surface area contributed by atoms with Crippen LogP contribution in [-0.2, 0) is 11.2 Å². The van der Waals surface area contributed by atoms with Crippen LogP contribution in [0.15, 0.2) is 30.3 Å². The van der Waals surface area contributed by atoms with Gasteiger partial charge in [-0.15, -0.1) is 17.5 Å². The molecule has 1 aromatic carbocycles. The second-order valence-corrected chi connectivity index (χ2v) is 5.66. The standard InChI is InChI=1S/C16H21N5O.ClH/c1-12-15(10-16(22)18-13-6-5-9-17-11-13)19-20-21(12)14-7-3-2-4-8-14;/h2-4,7-8,13,17H,5-6,9-11H2,1H3,(H,18,22);1H/t13-;/m0./s1. The summed E-state index contributed by atoms with van der Waals surface area (Å²) in [6, 6.07) is 10.0. The van der Waals surface area contributed by atoms with Crippen molar-refractivity contribution in [2.24, 2.45) is 0 Å². The van der Waals surface area contributed by atoms with Crippen LogP contribution in [0.2, 0.25) is 0 Å². The molecular weight excluding hydrogens is 314 g/mol. The number of nitrogens with one attached hydrogen (secondary N) is 2. The number of carbonyl (C=O) groups is 1. The zero-order valence-electron chi connectivity index (χ0n) is 13.2. The number of amides is 1. The number of halogens is 1. The summed E-state index contributed by atoms with van der Waals surface area (Å²) < 4.78 is 1.77. The molecule has 6 nitrogen and oxygen atoms in total. The van der Waals surface area contributed by atoms with E-state index in [9.17, 15) is 4.79 Å². The highest BCUT2D eigenvalue weighted by Crippen LogP contribution is 2.12. The van der Waals surface area contributed by atoms with Gasteiger partial charge in [-0.1, -0.05) is 23.4 Å². The normalized spacial score (nSPS) is 17.3. The van der Waals surface area contributed by atoms with Gasteiger partial charge in [0.2, 0.25) is 5.91 Å². The molecule has 3 rings (SSSR count). The third-order valence-electron chi connectivity index (χ3n) is 3.98. The summed E-state index contributed by atoms with van der Waals surface area (Å²) in [5.41, 5.74) is 2.59. The lowest BCUT2D eigenvalue weighted by Crippen LogP contribution is -2.46. The fraction of sp³-hybridized carbons (Fsp3) is 0.438. The SMILES string of the molecule is Cc1c(CC(=O)N[C@H]2CCCNC2)nnn1-c1ccccc1.Cl. The van der Waals surface area contributed by atoms with Crippen LogP contribution in [0, 0.1) is 6.92 Å². The van der Waals surface area contributed by atoms with E-state index in [0.717, 1.165) is 43.0 Å². The number of nitrogens with zero attached hydrogens (tertiary/aromatic N) is 3. The van der Waals surface area contributed by atoms with Crippen molar-refractivity contribution >= 4 is 18.3 Å². The second-order valence-electron chi connectivity index (χ2n) is 5.66. The van der Waals surface area contributed by atoms with Crippen molar-refractivity contribution in [2.75, 3.05) is 13.1 Å². The Morgan fingerprint density at radius 2 is 2.17 bits per heavy atom. The third kappa shape index (κ3) is 4.30. The lowest BCUT2D eigenvalue weighted by molar-refractivity contribution is -0.121. The fourth-order valence-electron chi connectivity index (χ4n) is 2.74. The molecule has 0 radical (unpaired) electrons. The molecule has 0 unspecified atom stereocenters. The Kier molecular flexibility index (Phi) is 6.12. The van der Waals surface area contributed by atoms with E-state index in [1.807, 2.05) is 37.3 Å². The summed E-state index contributed by atoms with van der Waals surface area (Å²) in [4.78, 5) is 12.2. The van der Waals surface area contributed by atoms with Crippen LogP contribution in [0.3, 0.4) is 0 Å². The van der Waals surface area contributed by atoms with Crippen molar-refractivity contribution in [3.05, 3.63) is 41.7 Å². The maximum Gasteiger partial charge on any atom is 0.226 e. The van der Waals surface area contributed by atoms with E-state index in [-0.39, 0.29) is 30.8 Å². The van der Waals surface area contributed by atoms with Crippen molar-refractivity contribution < 1.29 is 4.79 Å². The van der Waals surface area contributed by atoms with Crippen molar-refractivity contribution in [1.82, 2.24) is 25.6 Å². The van der Waals surface area contributed by atoms with Crippen molar-refractivity contribution in [3.63, 3.8) is 0 Å². The molecule has 0 aliphatic carbocycles. The summed E-state index contributed by atoms with van der Waals surface area (Å²) in [5, 5.41) is 14.7. The minimum absolute atomic E-state index is 0. The number of piperidine rings is 1. The van der Waals surface area contributed by atoms with E-state index in [2.05, 4.69) is 20.9 Å². The molecule has 124 valence electrons. The lowest BCUT2D eigenvalue weighted by atomic mass is 10.1. The molecule has 2 heterocycles. The van der Waals surface area contributed by atoms with Crippen LogP contribution in [-0.4, -0.2) is 40.0 Å². The van der Waals surface area contributed by atoms with Crippen LogP contribution in [0.25, 0.3) is 5.69 Å². The Hall–Kier alpha value is -1.92. The molecule has 1 atom stereocenters. The first-order valence-corrected chi connectivity index (χ1v) is 7.71. The minimum atomic E-state index is 0. The number of carbonyl (C=O) groups excluding carboxylic acids is 1. The molecule has 2 N–H and O–H groups in total. The van der Waals surface area contributed by atoms with Crippen LogP contribution < -0.4 is 10.6 Å². The van der Waals surface area contributed by atoms with Gasteiger partial charge in [-0.25, -0.2) is 4.68 Å². The first-order chi connectivity index (χ1) is 10.7. The van der Waals surface area contributed by atoms with Gasteiger partial charge in [0.15, 0.2) is 0 Å². The third-order valence-corrected chi connectivity index (χ3v) is 3.98. The van der Waals surface area contributed by atoms with Gasteiger partial charge in [0, 0.05) is 12.6 Å². The number of benzene rings is 1. The Labute approximate surface area is 142 Å². The molecule has 1 aromatic heterocycles. The molecule has 1 aliphatic rings. The maximum absolute atomic E-state index is 12.2. The number of hydrogen-bond donors (Lipinski definition) is 2. The van der Waals surface area contributed by atoms with Crippen LogP contribution in [0.1, 0.15) is 24.2 Å². The average molecular weight is 336 g/mol. The molecule has 1 aliphatic heterocycles. The Bertz CT molecular complexity index is 637. The van der Waals surface area contributed by atoms with E-state index in [4.69, 9.17) is 0 Å². The van der Waals surface area contributed by atoms with Crippen molar-refractivity contribution in [2.45, 2.75) is 32.2 Å². The molecule has 0 saturated carbocycles. The topological polar surface area (TPSA) is 71.8 Å². The average Bonchev–Trinajstić information content (AvgIpc) is 2.90. The molecule has 1 saturated heterocycles. The van der Waals surface area contributed by atoms with Gasteiger partial charge in [0.1, 0.15) is 0 Å². The smallest absolute Gasteiger partial charge is 0.226 e. The van der Waals surface area contributed by atoms with Gasteiger partial charge < -0.3 is 10.6 Å². The van der Waals surface area contributed by atoms with Gasteiger partial charge in [0.25, 0.3) is 0 Å². The summed E-state index contributed by atoms with van der Waals surface area (Å²) >= 11 is 0. The first kappa shape index (κ1) is 17.4. The first-order valence-electron chi connectivity index (χ1n) is 7.71. The largest absolute Gasteiger partial charge is 0.352 e. The van der Waals surface area contributed by atoms with Gasteiger partial charge in [-0.05, 0) is 38.4 Å². The van der Waals surface area contributed by atoms with Crippen molar-refractivity contribution in [3.8, 4) is 5.69 Å². The molecule has 0 spiro atoms. The van der Waals surface area contributed by atoms with Crippen LogP contribution in [0.4, 0.5) is 0 Å². The number of rotatable bonds is 4. The highest BCUT2D eigenvalue weighted by atomic mass is 35.5. The Morgan fingerprint density at radius 3 is 2.87 bits per heavy atom. The Morgan fingerprint density at radius 1 is 1.39 bits per heavy atom. The van der Waals surface area contributed by atoms with E-state index in [0.29, 0.717) is 0 Å². The lowest BCUT2D eigenvalue weighted by Gasteiger charge is -2.23. The van der Waals surface area contributed by atoms with Gasteiger partial charge >= 0.3 is 0 Å². The highest BCUT2D eigenvalue weighted by Gasteiger charge is 2.18. The molecule has 2 aromatic rings. The number of hydrogen-bond acceptors (Lipinski definition) is 4. The summed E-state index contributed by atoms with van der Waals surface area (Å²) in [6.07, 6.45) is 2.41. The predicted octanol–water partition coefficient (Wildman–Crippen LogP) is 1.41. The van der Waals surface area contributed by atoms with E-state index >= 15 is 0 Å². The minimum Gasteiger partial charge on any atom is -0.352 e. The molecule has 7 heteroatoms. The summed E-state index contributed by atoms with van der Waals surface area (Å²) in [6.45, 7) is 3.83. The second kappa shape index (κ2) is 8.08. The maximum atomic E-state index is 12.2. The van der Waals surface area contributed by atoms with E-state index in [1.54, 1.807) is 4.68 Å². The van der Waals surface area contributed by atoms with Crippen LogP contribution >= 0.6 is 12.4 Å². The molecule has 0 bridgehead atoms.